The third-order valence-electron chi connectivity index (χ3n) is 3.89. The number of nitrogens with one attached hydrogen (secondary N) is 1. The molecule has 0 saturated heterocycles. The molecule has 0 bridgehead atoms. The van der Waals surface area contributed by atoms with Crippen LogP contribution in [0.3, 0.4) is 0 Å². The number of halogens is 1. The van der Waals surface area contributed by atoms with Gasteiger partial charge < -0.3 is 14.8 Å². The second-order valence-corrected chi connectivity index (χ2v) is 6.36. The quantitative estimate of drug-likeness (QED) is 0.602. The van der Waals surface area contributed by atoms with Gasteiger partial charge in [-0.15, -0.1) is 0 Å². The molecule has 4 nitrogen and oxygen atoms in total. The first-order valence-electron chi connectivity index (χ1n) is 8.61. The van der Waals surface area contributed by atoms with Gasteiger partial charge in [-0.2, -0.15) is 0 Å². The van der Waals surface area contributed by atoms with E-state index in [1.807, 2.05) is 48.5 Å². The number of hydrogen-bond acceptors (Lipinski definition) is 3. The molecule has 0 aromatic heterocycles. The van der Waals surface area contributed by atoms with E-state index in [1.165, 1.54) is 0 Å². The van der Waals surface area contributed by atoms with Crippen LogP contribution in [0.25, 0.3) is 0 Å². The highest BCUT2D eigenvalue weighted by atomic mass is 35.5. The van der Waals surface area contributed by atoms with Gasteiger partial charge >= 0.3 is 0 Å². The third-order valence-corrected chi connectivity index (χ3v) is 4.20. The molecule has 5 heteroatoms. The molecule has 0 saturated carbocycles. The Morgan fingerprint density at radius 1 is 0.926 bits per heavy atom. The second kappa shape index (κ2) is 9.10. The van der Waals surface area contributed by atoms with Gasteiger partial charge in [0.05, 0.1) is 10.7 Å². The van der Waals surface area contributed by atoms with Gasteiger partial charge in [-0.05, 0) is 36.8 Å². The lowest BCUT2D eigenvalue weighted by Gasteiger charge is -2.17. The average Bonchev–Trinajstić information content (AvgIpc) is 2.70. The third kappa shape index (κ3) is 5.25. The number of para-hydroxylation sites is 3. The van der Waals surface area contributed by atoms with Crippen LogP contribution >= 0.6 is 11.6 Å². The standard InChI is InChI=1S/C22H20ClNO3/c1-16(27-20-13-7-5-11-18(20)23)22(25)24-19-12-6-8-14-21(19)26-15-17-9-3-2-4-10-17/h2-14,16H,15H2,1H3,(H,24,25). The second-order valence-electron chi connectivity index (χ2n) is 5.95. The summed E-state index contributed by atoms with van der Waals surface area (Å²) in [6, 6.07) is 24.2. The predicted molar refractivity (Wildman–Crippen MR) is 107 cm³/mol. The van der Waals surface area contributed by atoms with E-state index in [4.69, 9.17) is 21.1 Å². The maximum atomic E-state index is 12.5. The predicted octanol–water partition coefficient (Wildman–Crippen LogP) is 5.33. The summed E-state index contributed by atoms with van der Waals surface area (Å²) >= 11 is 6.08. The normalized spacial score (nSPS) is 11.5. The molecule has 1 amide bonds. The SMILES string of the molecule is CC(Oc1ccccc1Cl)C(=O)Nc1ccccc1OCc1ccccc1. The Morgan fingerprint density at radius 2 is 1.56 bits per heavy atom. The summed E-state index contributed by atoms with van der Waals surface area (Å²) in [6.07, 6.45) is -0.716. The molecule has 0 heterocycles. The van der Waals surface area contributed by atoms with Crippen molar-refractivity contribution in [3.8, 4) is 11.5 Å². The number of rotatable bonds is 7. The van der Waals surface area contributed by atoms with Crippen LogP contribution in [0.2, 0.25) is 5.02 Å². The number of ether oxygens (including phenoxy) is 2. The molecule has 0 aliphatic carbocycles. The maximum absolute atomic E-state index is 12.5. The number of hydrogen-bond donors (Lipinski definition) is 1. The molecule has 3 aromatic rings. The van der Waals surface area contributed by atoms with Gasteiger partial charge in [0.25, 0.3) is 5.91 Å². The Hall–Kier alpha value is -2.98. The molecule has 1 N–H and O–H groups in total. The van der Waals surface area contributed by atoms with Crippen LogP contribution in [0, 0.1) is 0 Å². The van der Waals surface area contributed by atoms with Crippen molar-refractivity contribution in [3.05, 3.63) is 89.4 Å². The van der Waals surface area contributed by atoms with Crippen LogP contribution in [-0.4, -0.2) is 12.0 Å². The highest BCUT2D eigenvalue weighted by Crippen LogP contribution is 2.27. The smallest absolute Gasteiger partial charge is 0.265 e. The maximum Gasteiger partial charge on any atom is 0.265 e. The van der Waals surface area contributed by atoms with Gasteiger partial charge in [-0.3, -0.25) is 4.79 Å². The molecule has 1 atom stereocenters. The summed E-state index contributed by atoms with van der Waals surface area (Å²) in [4.78, 5) is 12.5. The van der Waals surface area contributed by atoms with Crippen molar-refractivity contribution < 1.29 is 14.3 Å². The molecule has 27 heavy (non-hydrogen) atoms. The molecule has 0 aliphatic rings. The Balaban J connectivity index is 1.64. The van der Waals surface area contributed by atoms with Gasteiger partial charge in [-0.1, -0.05) is 66.2 Å². The minimum atomic E-state index is -0.716. The molecule has 3 rings (SSSR count). The van der Waals surface area contributed by atoms with Crippen molar-refractivity contribution in [2.24, 2.45) is 0 Å². The van der Waals surface area contributed by atoms with Crippen molar-refractivity contribution in [1.82, 2.24) is 0 Å². The van der Waals surface area contributed by atoms with Crippen LogP contribution in [0.15, 0.2) is 78.9 Å². The van der Waals surface area contributed by atoms with Gasteiger partial charge in [0, 0.05) is 0 Å². The molecule has 3 aromatic carbocycles. The van der Waals surface area contributed by atoms with E-state index in [0.717, 1.165) is 5.56 Å². The Bertz CT molecular complexity index is 899. The zero-order valence-corrected chi connectivity index (χ0v) is 15.6. The van der Waals surface area contributed by atoms with Crippen molar-refractivity contribution in [1.29, 1.82) is 0 Å². The molecular formula is C22H20ClNO3. The first-order chi connectivity index (χ1) is 13.1. The van der Waals surface area contributed by atoms with E-state index in [0.29, 0.717) is 28.8 Å². The van der Waals surface area contributed by atoms with E-state index < -0.39 is 6.10 Å². The summed E-state index contributed by atoms with van der Waals surface area (Å²) in [5.41, 5.74) is 1.64. The van der Waals surface area contributed by atoms with Crippen molar-refractivity contribution in [2.45, 2.75) is 19.6 Å². The monoisotopic (exact) mass is 381 g/mol. The Morgan fingerprint density at radius 3 is 2.30 bits per heavy atom. The number of benzene rings is 3. The number of carbonyl (C=O) groups is 1. The first kappa shape index (κ1) is 18.8. The van der Waals surface area contributed by atoms with E-state index in [1.54, 1.807) is 37.3 Å². The summed E-state index contributed by atoms with van der Waals surface area (Å²) in [5.74, 6) is 0.778. The van der Waals surface area contributed by atoms with Crippen LogP contribution < -0.4 is 14.8 Å². The van der Waals surface area contributed by atoms with E-state index in [-0.39, 0.29) is 5.91 Å². The molecule has 138 valence electrons. The van der Waals surface area contributed by atoms with Crippen molar-refractivity contribution >= 4 is 23.2 Å². The van der Waals surface area contributed by atoms with Gasteiger partial charge in [0.2, 0.25) is 0 Å². The highest BCUT2D eigenvalue weighted by Gasteiger charge is 2.17. The average molecular weight is 382 g/mol. The summed E-state index contributed by atoms with van der Waals surface area (Å²) in [5, 5.41) is 3.32. The van der Waals surface area contributed by atoms with Crippen LogP contribution in [0.5, 0.6) is 11.5 Å². The number of carbonyl (C=O) groups excluding carboxylic acids is 1. The van der Waals surface area contributed by atoms with Crippen molar-refractivity contribution in [2.75, 3.05) is 5.32 Å². The van der Waals surface area contributed by atoms with Gasteiger partial charge in [0.15, 0.2) is 6.10 Å². The van der Waals surface area contributed by atoms with Gasteiger partial charge in [0.1, 0.15) is 18.1 Å². The largest absolute Gasteiger partial charge is 0.487 e. The fraction of sp³-hybridized carbons (Fsp3) is 0.136. The minimum absolute atomic E-state index is 0.286. The molecular weight excluding hydrogens is 362 g/mol. The fourth-order valence-corrected chi connectivity index (χ4v) is 2.63. The first-order valence-corrected chi connectivity index (χ1v) is 8.99. The summed E-state index contributed by atoms with van der Waals surface area (Å²) in [6.45, 7) is 2.09. The molecule has 0 radical (unpaired) electrons. The number of anilines is 1. The van der Waals surface area contributed by atoms with E-state index in [2.05, 4.69) is 5.32 Å². The topological polar surface area (TPSA) is 47.6 Å². The summed E-state index contributed by atoms with van der Waals surface area (Å²) in [7, 11) is 0. The zero-order valence-electron chi connectivity index (χ0n) is 14.9. The van der Waals surface area contributed by atoms with Crippen LogP contribution in [0.1, 0.15) is 12.5 Å². The van der Waals surface area contributed by atoms with Crippen LogP contribution in [0.4, 0.5) is 5.69 Å². The minimum Gasteiger partial charge on any atom is -0.487 e. The Labute approximate surface area is 163 Å². The van der Waals surface area contributed by atoms with Gasteiger partial charge in [-0.25, -0.2) is 0 Å². The van der Waals surface area contributed by atoms with E-state index in [9.17, 15) is 4.79 Å². The van der Waals surface area contributed by atoms with Crippen LogP contribution in [-0.2, 0) is 11.4 Å². The molecule has 0 aliphatic heterocycles. The summed E-state index contributed by atoms with van der Waals surface area (Å²) < 4.78 is 11.5. The fourth-order valence-electron chi connectivity index (χ4n) is 2.45. The lowest BCUT2D eigenvalue weighted by molar-refractivity contribution is -0.122. The lowest BCUT2D eigenvalue weighted by Crippen LogP contribution is -2.30. The molecule has 0 spiro atoms. The Kier molecular flexibility index (Phi) is 6.34. The number of amides is 1. The van der Waals surface area contributed by atoms with E-state index >= 15 is 0 Å². The lowest BCUT2D eigenvalue weighted by atomic mass is 10.2. The molecule has 1 unspecified atom stereocenters. The molecule has 0 fully saturated rings. The van der Waals surface area contributed by atoms with Crippen molar-refractivity contribution in [3.63, 3.8) is 0 Å². The highest BCUT2D eigenvalue weighted by molar-refractivity contribution is 6.32. The zero-order chi connectivity index (χ0) is 19.1.